The van der Waals surface area contributed by atoms with E-state index in [9.17, 15) is 12.8 Å². The van der Waals surface area contributed by atoms with Crippen LogP contribution in [0.1, 0.15) is 11.1 Å². The van der Waals surface area contributed by atoms with Gasteiger partial charge in [-0.1, -0.05) is 24.3 Å². The molecule has 0 saturated carbocycles. The predicted octanol–water partition coefficient (Wildman–Crippen LogP) is 2.17. The zero-order chi connectivity index (χ0) is 17.9. The van der Waals surface area contributed by atoms with Crippen LogP contribution in [0, 0.1) is 5.82 Å². The van der Waals surface area contributed by atoms with Gasteiger partial charge in [-0.2, -0.15) is 0 Å². The number of rotatable bonds is 6. The van der Waals surface area contributed by atoms with Crippen molar-refractivity contribution in [3.63, 3.8) is 0 Å². The van der Waals surface area contributed by atoms with Gasteiger partial charge in [0, 0.05) is 26.2 Å². The van der Waals surface area contributed by atoms with Gasteiger partial charge in [0.25, 0.3) is 0 Å². The molecule has 0 fully saturated rings. The minimum atomic E-state index is -3.74. The van der Waals surface area contributed by atoms with Crippen molar-refractivity contribution in [2.45, 2.75) is 17.9 Å². The molecule has 0 radical (unpaired) electrons. The van der Waals surface area contributed by atoms with Crippen molar-refractivity contribution in [1.82, 2.24) is 9.62 Å². The second-order valence-corrected chi connectivity index (χ2v) is 7.76. The fourth-order valence-corrected chi connectivity index (χ4v) is 4.01. The average molecular weight is 364 g/mol. The van der Waals surface area contributed by atoms with Crippen molar-refractivity contribution < 1.29 is 17.5 Å². The Morgan fingerprint density at radius 3 is 2.68 bits per heavy atom. The largest absolute Gasteiger partial charge is 0.494 e. The summed E-state index contributed by atoms with van der Waals surface area (Å²) in [5.74, 6) is -0.677. The van der Waals surface area contributed by atoms with Gasteiger partial charge < -0.3 is 4.74 Å². The number of fused-ring (bicyclic) bond motifs is 1. The van der Waals surface area contributed by atoms with E-state index in [0.717, 1.165) is 25.6 Å². The molecular weight excluding hydrogens is 343 g/mol. The zero-order valence-electron chi connectivity index (χ0n) is 14.0. The summed E-state index contributed by atoms with van der Waals surface area (Å²) in [4.78, 5) is 2.11. The standard InChI is InChI=1S/C18H21FN2O3S/c1-24-18-7-6-16(12-17(18)19)25(22,23)20-9-11-21-10-8-14-4-2-3-5-15(14)13-21/h2-7,12,20H,8-11,13H2,1H3. The van der Waals surface area contributed by atoms with Crippen LogP contribution < -0.4 is 9.46 Å². The van der Waals surface area contributed by atoms with Gasteiger partial charge in [-0.05, 0) is 35.7 Å². The topological polar surface area (TPSA) is 58.6 Å². The zero-order valence-corrected chi connectivity index (χ0v) is 14.9. The quantitative estimate of drug-likeness (QED) is 0.854. The number of ether oxygens (including phenoxy) is 1. The van der Waals surface area contributed by atoms with E-state index in [1.165, 1.54) is 30.4 Å². The maximum Gasteiger partial charge on any atom is 0.240 e. The van der Waals surface area contributed by atoms with E-state index in [4.69, 9.17) is 4.74 Å². The molecule has 2 aromatic carbocycles. The van der Waals surface area contributed by atoms with Crippen LogP contribution in [0.3, 0.4) is 0 Å². The maximum absolute atomic E-state index is 13.7. The number of methoxy groups -OCH3 is 1. The normalized spacial score (nSPS) is 15.0. The van der Waals surface area contributed by atoms with Crippen LogP contribution in [0.5, 0.6) is 5.75 Å². The summed E-state index contributed by atoms with van der Waals surface area (Å²) in [6.07, 6.45) is 0.965. The van der Waals surface area contributed by atoms with Gasteiger partial charge in [-0.15, -0.1) is 0 Å². The van der Waals surface area contributed by atoms with Crippen molar-refractivity contribution in [2.24, 2.45) is 0 Å². The number of benzene rings is 2. The SMILES string of the molecule is COc1ccc(S(=O)(=O)NCCN2CCc3ccccc3C2)cc1F. The lowest BCUT2D eigenvalue weighted by Crippen LogP contribution is -2.37. The highest BCUT2D eigenvalue weighted by Crippen LogP contribution is 2.21. The molecule has 2 aromatic rings. The maximum atomic E-state index is 13.7. The van der Waals surface area contributed by atoms with Gasteiger partial charge in [0.1, 0.15) is 0 Å². The Labute approximate surface area is 147 Å². The molecule has 3 rings (SSSR count). The monoisotopic (exact) mass is 364 g/mol. The number of hydrogen-bond acceptors (Lipinski definition) is 4. The van der Waals surface area contributed by atoms with E-state index < -0.39 is 15.8 Å². The second kappa shape index (κ2) is 7.51. The third kappa shape index (κ3) is 4.18. The summed E-state index contributed by atoms with van der Waals surface area (Å²) in [7, 11) is -2.41. The fraction of sp³-hybridized carbons (Fsp3) is 0.333. The van der Waals surface area contributed by atoms with E-state index in [2.05, 4.69) is 21.8 Å². The van der Waals surface area contributed by atoms with E-state index in [1.54, 1.807) is 0 Å². The minimum Gasteiger partial charge on any atom is -0.494 e. The molecule has 0 aliphatic carbocycles. The summed E-state index contributed by atoms with van der Waals surface area (Å²) in [5.41, 5.74) is 2.64. The molecule has 1 N–H and O–H groups in total. The van der Waals surface area contributed by atoms with E-state index >= 15 is 0 Å². The summed E-state index contributed by atoms with van der Waals surface area (Å²) in [6, 6.07) is 11.9. The van der Waals surface area contributed by atoms with Crippen LogP contribution in [-0.4, -0.2) is 40.1 Å². The Balaban J connectivity index is 1.57. The van der Waals surface area contributed by atoms with Crippen molar-refractivity contribution >= 4 is 10.0 Å². The van der Waals surface area contributed by atoms with E-state index in [0.29, 0.717) is 6.54 Å². The number of halogens is 1. The molecule has 0 unspecified atom stereocenters. The van der Waals surface area contributed by atoms with Gasteiger partial charge in [-0.3, -0.25) is 4.90 Å². The lowest BCUT2D eigenvalue weighted by molar-refractivity contribution is 0.258. The average Bonchev–Trinajstić information content (AvgIpc) is 2.61. The highest BCUT2D eigenvalue weighted by Gasteiger charge is 2.19. The van der Waals surface area contributed by atoms with Crippen LogP contribution >= 0.6 is 0 Å². The van der Waals surface area contributed by atoms with Gasteiger partial charge in [0.05, 0.1) is 12.0 Å². The molecule has 0 atom stereocenters. The highest BCUT2D eigenvalue weighted by molar-refractivity contribution is 7.89. The van der Waals surface area contributed by atoms with Crippen LogP contribution in [-0.2, 0) is 23.0 Å². The lowest BCUT2D eigenvalue weighted by Gasteiger charge is -2.28. The Bertz CT molecular complexity index is 855. The first kappa shape index (κ1) is 17.8. The summed E-state index contributed by atoms with van der Waals surface area (Å²) < 4.78 is 45.6. The number of nitrogens with one attached hydrogen (secondary N) is 1. The lowest BCUT2D eigenvalue weighted by atomic mass is 10.0. The van der Waals surface area contributed by atoms with Crippen LogP contribution in [0.15, 0.2) is 47.4 Å². The molecule has 1 aliphatic heterocycles. The Kier molecular flexibility index (Phi) is 5.36. The Hall–Kier alpha value is -1.96. The molecule has 0 spiro atoms. The van der Waals surface area contributed by atoms with Gasteiger partial charge in [-0.25, -0.2) is 17.5 Å². The van der Waals surface area contributed by atoms with Crippen LogP contribution in [0.25, 0.3) is 0 Å². The molecule has 0 amide bonds. The smallest absolute Gasteiger partial charge is 0.240 e. The molecular formula is C18H21FN2O3S. The minimum absolute atomic E-state index is 0.0194. The molecule has 7 heteroatoms. The fourth-order valence-electron chi connectivity index (χ4n) is 2.98. The van der Waals surface area contributed by atoms with Crippen LogP contribution in [0.2, 0.25) is 0 Å². The molecule has 0 aromatic heterocycles. The van der Waals surface area contributed by atoms with Crippen molar-refractivity contribution in [1.29, 1.82) is 0 Å². The molecule has 134 valence electrons. The molecule has 25 heavy (non-hydrogen) atoms. The van der Waals surface area contributed by atoms with Crippen molar-refractivity contribution in [3.8, 4) is 5.75 Å². The first-order chi connectivity index (χ1) is 12.0. The van der Waals surface area contributed by atoms with E-state index in [1.807, 2.05) is 12.1 Å². The highest BCUT2D eigenvalue weighted by atomic mass is 32.2. The summed E-state index contributed by atoms with van der Waals surface area (Å²) in [6.45, 7) is 2.59. The van der Waals surface area contributed by atoms with Gasteiger partial charge in [0.15, 0.2) is 11.6 Å². The van der Waals surface area contributed by atoms with E-state index in [-0.39, 0.29) is 17.2 Å². The third-order valence-electron chi connectivity index (χ3n) is 4.36. The molecule has 1 heterocycles. The number of nitrogens with zero attached hydrogens (tertiary/aromatic N) is 1. The Morgan fingerprint density at radius 1 is 1.20 bits per heavy atom. The van der Waals surface area contributed by atoms with Gasteiger partial charge >= 0.3 is 0 Å². The third-order valence-corrected chi connectivity index (χ3v) is 5.82. The van der Waals surface area contributed by atoms with Gasteiger partial charge in [0.2, 0.25) is 10.0 Å². The predicted molar refractivity (Wildman–Crippen MR) is 93.6 cm³/mol. The summed E-state index contributed by atoms with van der Waals surface area (Å²) >= 11 is 0. The molecule has 0 bridgehead atoms. The Morgan fingerprint density at radius 2 is 1.96 bits per heavy atom. The molecule has 1 aliphatic rings. The number of sulfonamides is 1. The molecule has 5 nitrogen and oxygen atoms in total. The number of hydrogen-bond donors (Lipinski definition) is 1. The van der Waals surface area contributed by atoms with Crippen molar-refractivity contribution in [2.75, 3.05) is 26.7 Å². The first-order valence-corrected chi connectivity index (χ1v) is 9.60. The summed E-state index contributed by atoms with van der Waals surface area (Å²) in [5, 5.41) is 0. The van der Waals surface area contributed by atoms with Crippen LogP contribution in [0.4, 0.5) is 4.39 Å². The second-order valence-electron chi connectivity index (χ2n) is 5.99. The van der Waals surface area contributed by atoms with Crippen molar-refractivity contribution in [3.05, 3.63) is 59.4 Å². The molecule has 0 saturated heterocycles. The first-order valence-electron chi connectivity index (χ1n) is 8.12.